The van der Waals surface area contributed by atoms with Crippen molar-refractivity contribution in [2.24, 2.45) is 0 Å². The Hall–Kier alpha value is -1.57. The molecule has 1 unspecified atom stereocenters. The highest BCUT2D eigenvalue weighted by molar-refractivity contribution is 5.61. The Morgan fingerprint density at radius 1 is 1.50 bits per heavy atom. The van der Waals surface area contributed by atoms with Crippen LogP contribution < -0.4 is 4.90 Å². The lowest BCUT2D eigenvalue weighted by Crippen LogP contribution is -2.22. The fourth-order valence-corrected chi connectivity index (χ4v) is 2.01. The first-order valence-electron chi connectivity index (χ1n) is 5.31. The van der Waals surface area contributed by atoms with Gasteiger partial charge in [-0.05, 0) is 24.1 Å². The van der Waals surface area contributed by atoms with E-state index in [0.29, 0.717) is 12.1 Å². The van der Waals surface area contributed by atoms with Crippen LogP contribution in [0.3, 0.4) is 0 Å². The number of hydrogen-bond acceptors (Lipinski definition) is 4. The van der Waals surface area contributed by atoms with Gasteiger partial charge in [-0.3, -0.25) is 0 Å². The summed E-state index contributed by atoms with van der Waals surface area (Å²) in [6, 6.07) is 7.46. The minimum absolute atomic E-state index is 0.0580. The van der Waals surface area contributed by atoms with Crippen molar-refractivity contribution in [3.05, 3.63) is 29.3 Å². The highest BCUT2D eigenvalue weighted by Gasteiger charge is 2.22. The fraction of sp³-hybridized carbons (Fsp3) is 0.417. The van der Waals surface area contributed by atoms with E-state index in [2.05, 4.69) is 6.07 Å². The zero-order chi connectivity index (χ0) is 11.5. The van der Waals surface area contributed by atoms with Crippen molar-refractivity contribution in [2.45, 2.75) is 19.1 Å². The summed E-state index contributed by atoms with van der Waals surface area (Å²) in [6.45, 7) is 1.29. The first kappa shape index (κ1) is 10.9. The van der Waals surface area contributed by atoms with Crippen molar-refractivity contribution in [3.63, 3.8) is 0 Å². The Balaban J connectivity index is 2.31. The Bertz CT molecular complexity index is 426. The molecule has 0 aliphatic carbocycles. The molecule has 1 aromatic rings. The fourth-order valence-electron chi connectivity index (χ4n) is 2.01. The van der Waals surface area contributed by atoms with Gasteiger partial charge in [-0.15, -0.1) is 0 Å². The third-order valence-electron chi connectivity index (χ3n) is 2.87. The minimum atomic E-state index is -0.302. The summed E-state index contributed by atoms with van der Waals surface area (Å²) in [5.41, 5.74) is 2.14. The molecular weight excluding hydrogens is 204 g/mol. The lowest BCUT2D eigenvalue weighted by molar-refractivity contribution is 0.198. The Kier molecular flexibility index (Phi) is 3.09. The molecule has 16 heavy (non-hydrogen) atoms. The van der Waals surface area contributed by atoms with Gasteiger partial charge in [0.1, 0.15) is 6.07 Å². The van der Waals surface area contributed by atoms with Crippen molar-refractivity contribution < 1.29 is 10.2 Å². The predicted molar refractivity (Wildman–Crippen MR) is 59.9 cm³/mol. The second-order valence-electron chi connectivity index (χ2n) is 4.01. The van der Waals surface area contributed by atoms with Crippen LogP contribution in [-0.2, 0) is 6.61 Å². The zero-order valence-electron chi connectivity index (χ0n) is 8.93. The first-order valence-corrected chi connectivity index (χ1v) is 5.31. The number of hydrogen-bond donors (Lipinski definition) is 2. The third kappa shape index (κ3) is 2.01. The molecule has 4 heteroatoms. The monoisotopic (exact) mass is 218 g/mol. The predicted octanol–water partition coefficient (Wildman–Crippen LogP) is 0.622. The van der Waals surface area contributed by atoms with Crippen molar-refractivity contribution in [1.82, 2.24) is 0 Å². The molecule has 2 N–H and O–H groups in total. The van der Waals surface area contributed by atoms with Gasteiger partial charge in [0.2, 0.25) is 0 Å². The largest absolute Gasteiger partial charge is 0.392 e. The van der Waals surface area contributed by atoms with Crippen LogP contribution in [0.4, 0.5) is 5.69 Å². The molecule has 1 fully saturated rings. The molecule has 0 aromatic heterocycles. The summed E-state index contributed by atoms with van der Waals surface area (Å²) < 4.78 is 0. The van der Waals surface area contributed by atoms with E-state index in [1.165, 1.54) is 0 Å². The van der Waals surface area contributed by atoms with Gasteiger partial charge in [0.05, 0.1) is 24.0 Å². The summed E-state index contributed by atoms with van der Waals surface area (Å²) >= 11 is 0. The number of anilines is 1. The number of β-amino-alcohol motifs (C(OH)–C–C–N with tert-alkyl or cyclic N) is 1. The van der Waals surface area contributed by atoms with Gasteiger partial charge < -0.3 is 15.1 Å². The number of rotatable bonds is 2. The molecule has 4 nitrogen and oxygen atoms in total. The molecule has 1 aliphatic rings. The average molecular weight is 218 g/mol. The third-order valence-corrected chi connectivity index (χ3v) is 2.87. The van der Waals surface area contributed by atoms with E-state index in [1.54, 1.807) is 12.1 Å². The molecule has 1 aromatic carbocycles. The van der Waals surface area contributed by atoms with Crippen molar-refractivity contribution >= 4 is 5.69 Å². The van der Waals surface area contributed by atoms with Crippen molar-refractivity contribution in [3.8, 4) is 6.07 Å². The molecule has 84 valence electrons. The average Bonchev–Trinajstić information content (AvgIpc) is 2.74. The summed E-state index contributed by atoms with van der Waals surface area (Å²) in [5, 5.41) is 27.5. The van der Waals surface area contributed by atoms with E-state index in [4.69, 9.17) is 10.4 Å². The standard InChI is InChI=1S/C12H14N2O2/c13-6-10-5-9(8-15)1-2-12(10)14-4-3-11(16)7-14/h1-2,5,11,15-16H,3-4,7-8H2. The summed E-state index contributed by atoms with van der Waals surface area (Å²) in [6.07, 6.45) is 0.441. The van der Waals surface area contributed by atoms with Crippen molar-refractivity contribution in [1.29, 1.82) is 5.26 Å². The van der Waals surface area contributed by atoms with E-state index < -0.39 is 0 Å². The van der Waals surface area contributed by atoms with Crippen LogP contribution in [0.1, 0.15) is 17.5 Å². The summed E-state index contributed by atoms with van der Waals surface area (Å²) in [5.74, 6) is 0. The number of aliphatic hydroxyl groups is 2. The molecule has 0 bridgehead atoms. The number of benzene rings is 1. The van der Waals surface area contributed by atoms with Crippen LogP contribution in [0.2, 0.25) is 0 Å². The maximum absolute atomic E-state index is 9.46. The maximum Gasteiger partial charge on any atom is 0.101 e. The van der Waals surface area contributed by atoms with E-state index >= 15 is 0 Å². The normalized spacial score (nSPS) is 19.8. The number of nitriles is 1. The highest BCUT2D eigenvalue weighted by atomic mass is 16.3. The molecule has 1 saturated heterocycles. The maximum atomic E-state index is 9.46. The zero-order valence-corrected chi connectivity index (χ0v) is 8.93. The molecular formula is C12H14N2O2. The van der Waals surface area contributed by atoms with Gasteiger partial charge in [0.15, 0.2) is 0 Å². The molecule has 0 spiro atoms. The Morgan fingerprint density at radius 3 is 2.88 bits per heavy atom. The molecule has 0 saturated carbocycles. The summed E-state index contributed by atoms with van der Waals surface area (Å²) in [7, 11) is 0. The van der Waals surface area contributed by atoms with E-state index in [-0.39, 0.29) is 12.7 Å². The lowest BCUT2D eigenvalue weighted by atomic mass is 10.1. The van der Waals surface area contributed by atoms with Gasteiger partial charge in [0.25, 0.3) is 0 Å². The van der Waals surface area contributed by atoms with Crippen LogP contribution in [0.5, 0.6) is 0 Å². The van der Waals surface area contributed by atoms with Gasteiger partial charge >= 0.3 is 0 Å². The molecule has 0 radical (unpaired) electrons. The molecule has 1 heterocycles. The lowest BCUT2D eigenvalue weighted by Gasteiger charge is -2.19. The smallest absolute Gasteiger partial charge is 0.101 e. The van der Waals surface area contributed by atoms with E-state index in [1.807, 2.05) is 11.0 Å². The quantitative estimate of drug-likeness (QED) is 0.763. The SMILES string of the molecule is N#Cc1cc(CO)ccc1N1CCC(O)C1. The molecule has 2 rings (SSSR count). The highest BCUT2D eigenvalue weighted by Crippen LogP contribution is 2.25. The van der Waals surface area contributed by atoms with E-state index in [9.17, 15) is 5.11 Å². The van der Waals surface area contributed by atoms with Crippen LogP contribution >= 0.6 is 0 Å². The Morgan fingerprint density at radius 2 is 2.31 bits per heavy atom. The van der Waals surface area contributed by atoms with Gasteiger partial charge in [-0.2, -0.15) is 5.26 Å². The topological polar surface area (TPSA) is 67.5 Å². The Labute approximate surface area is 94.4 Å². The van der Waals surface area contributed by atoms with Crippen LogP contribution in [-0.4, -0.2) is 29.4 Å². The first-order chi connectivity index (χ1) is 7.74. The van der Waals surface area contributed by atoms with Gasteiger partial charge in [-0.25, -0.2) is 0 Å². The molecule has 1 aliphatic heterocycles. The van der Waals surface area contributed by atoms with Gasteiger partial charge in [0, 0.05) is 13.1 Å². The number of nitrogens with zero attached hydrogens (tertiary/aromatic N) is 2. The number of aliphatic hydroxyl groups excluding tert-OH is 2. The van der Waals surface area contributed by atoms with Crippen LogP contribution in [0.25, 0.3) is 0 Å². The summed E-state index contributed by atoms with van der Waals surface area (Å²) in [4.78, 5) is 2.00. The second-order valence-corrected chi connectivity index (χ2v) is 4.01. The van der Waals surface area contributed by atoms with Crippen LogP contribution in [0.15, 0.2) is 18.2 Å². The second kappa shape index (κ2) is 4.52. The minimum Gasteiger partial charge on any atom is -0.392 e. The van der Waals surface area contributed by atoms with E-state index in [0.717, 1.165) is 24.2 Å². The molecule has 0 amide bonds. The van der Waals surface area contributed by atoms with Crippen molar-refractivity contribution in [2.75, 3.05) is 18.0 Å². The van der Waals surface area contributed by atoms with Gasteiger partial charge in [-0.1, -0.05) is 6.07 Å². The van der Waals surface area contributed by atoms with Crippen LogP contribution in [0, 0.1) is 11.3 Å². The molecule has 1 atom stereocenters.